The molecule has 182 valence electrons. The number of benzene rings is 2. The second-order valence-electron chi connectivity index (χ2n) is 8.44. The molecule has 8 heteroatoms. The normalized spacial score (nSPS) is 17.4. The lowest BCUT2D eigenvalue weighted by Crippen LogP contribution is -2.32. The highest BCUT2D eigenvalue weighted by atomic mass is 16.5. The summed E-state index contributed by atoms with van der Waals surface area (Å²) in [5, 5.41) is 11.3. The van der Waals surface area contributed by atoms with Gasteiger partial charge in [-0.25, -0.2) is 0 Å². The van der Waals surface area contributed by atoms with E-state index in [4.69, 9.17) is 14.2 Å². The minimum atomic E-state index is -0.761. The SMILES string of the molecule is COc1ccc(C(O)=C2C(=O)C(=O)N(CCCN(C)C)[C@H]2c2ccc(OC)c(OC)c2)c(C)c1. The number of aliphatic hydroxyl groups excluding tert-OH is 1. The van der Waals surface area contributed by atoms with Gasteiger partial charge >= 0.3 is 0 Å². The average molecular weight is 469 g/mol. The first-order valence-electron chi connectivity index (χ1n) is 11.0. The molecule has 0 aliphatic carbocycles. The van der Waals surface area contributed by atoms with Crippen molar-refractivity contribution in [3.63, 3.8) is 0 Å². The Morgan fingerprint density at radius 2 is 1.71 bits per heavy atom. The zero-order valence-corrected chi connectivity index (χ0v) is 20.5. The maximum Gasteiger partial charge on any atom is 0.295 e. The van der Waals surface area contributed by atoms with E-state index in [1.165, 1.54) is 19.1 Å². The molecular formula is C26H32N2O6. The zero-order valence-electron chi connectivity index (χ0n) is 20.5. The van der Waals surface area contributed by atoms with Gasteiger partial charge in [0, 0.05) is 12.1 Å². The van der Waals surface area contributed by atoms with Crippen LogP contribution in [0.4, 0.5) is 0 Å². The first-order valence-corrected chi connectivity index (χ1v) is 11.0. The summed E-state index contributed by atoms with van der Waals surface area (Å²) in [7, 11) is 8.52. The summed E-state index contributed by atoms with van der Waals surface area (Å²) in [4.78, 5) is 29.9. The van der Waals surface area contributed by atoms with Gasteiger partial charge in [0.1, 0.15) is 11.5 Å². The lowest BCUT2D eigenvalue weighted by atomic mass is 9.93. The molecule has 0 radical (unpaired) electrons. The van der Waals surface area contributed by atoms with Crippen molar-refractivity contribution in [2.24, 2.45) is 0 Å². The highest BCUT2D eigenvalue weighted by molar-refractivity contribution is 6.46. The van der Waals surface area contributed by atoms with E-state index in [9.17, 15) is 14.7 Å². The molecule has 1 saturated heterocycles. The van der Waals surface area contributed by atoms with E-state index in [0.717, 1.165) is 12.1 Å². The summed E-state index contributed by atoms with van der Waals surface area (Å²) in [6.07, 6.45) is 0.672. The van der Waals surface area contributed by atoms with Crippen LogP contribution in [-0.4, -0.2) is 75.1 Å². The maximum absolute atomic E-state index is 13.2. The van der Waals surface area contributed by atoms with Crippen molar-refractivity contribution < 1.29 is 28.9 Å². The number of nitrogens with zero attached hydrogens (tertiary/aromatic N) is 2. The summed E-state index contributed by atoms with van der Waals surface area (Å²) in [5.74, 6) is 0.0768. The number of hydrogen-bond donors (Lipinski definition) is 1. The molecule has 1 heterocycles. The van der Waals surface area contributed by atoms with Gasteiger partial charge in [0.2, 0.25) is 0 Å². The predicted molar refractivity (Wildman–Crippen MR) is 129 cm³/mol. The lowest BCUT2D eigenvalue weighted by Gasteiger charge is -2.26. The van der Waals surface area contributed by atoms with Crippen LogP contribution in [0.1, 0.15) is 29.2 Å². The second kappa shape index (κ2) is 10.6. The standard InChI is InChI=1S/C26H32N2O6/c1-16-14-18(32-4)9-10-19(16)24(29)22-23(17-8-11-20(33-5)21(15-17)34-6)28(26(31)25(22)30)13-7-12-27(2)3/h8-11,14-15,23,29H,7,12-13H2,1-6H3/t23-/m0/s1. The smallest absolute Gasteiger partial charge is 0.295 e. The van der Waals surface area contributed by atoms with Crippen molar-refractivity contribution in [3.05, 3.63) is 58.7 Å². The second-order valence-corrected chi connectivity index (χ2v) is 8.44. The minimum Gasteiger partial charge on any atom is -0.507 e. The summed E-state index contributed by atoms with van der Waals surface area (Å²) in [6, 6.07) is 9.66. The van der Waals surface area contributed by atoms with Crippen molar-refractivity contribution in [2.75, 3.05) is 48.5 Å². The Bertz CT molecular complexity index is 1110. The minimum absolute atomic E-state index is 0.0512. The van der Waals surface area contributed by atoms with E-state index in [0.29, 0.717) is 41.3 Å². The number of rotatable bonds is 9. The van der Waals surface area contributed by atoms with E-state index < -0.39 is 17.7 Å². The molecule has 1 fully saturated rings. The summed E-state index contributed by atoms with van der Waals surface area (Å²) < 4.78 is 16.0. The first-order chi connectivity index (χ1) is 16.2. The molecule has 2 aromatic carbocycles. The Hall–Kier alpha value is -3.52. The number of Topliss-reactive ketones (excluding diaryl/α,β-unsaturated/α-hetero) is 1. The van der Waals surface area contributed by atoms with Gasteiger partial charge in [-0.05, 0) is 75.4 Å². The number of carbonyl (C=O) groups excluding carboxylic acids is 2. The number of aliphatic hydroxyl groups is 1. The number of hydrogen-bond acceptors (Lipinski definition) is 7. The van der Waals surface area contributed by atoms with Gasteiger partial charge in [-0.3, -0.25) is 9.59 Å². The molecule has 0 aromatic heterocycles. The number of aryl methyl sites for hydroxylation is 1. The molecule has 1 atom stereocenters. The van der Waals surface area contributed by atoms with E-state index in [1.807, 2.05) is 25.9 Å². The number of methoxy groups -OCH3 is 3. The molecule has 0 bridgehead atoms. The number of ether oxygens (including phenoxy) is 3. The Morgan fingerprint density at radius 1 is 1.00 bits per heavy atom. The topological polar surface area (TPSA) is 88.5 Å². The molecule has 2 aromatic rings. The monoisotopic (exact) mass is 468 g/mol. The molecule has 0 unspecified atom stereocenters. The van der Waals surface area contributed by atoms with Gasteiger partial charge in [0.15, 0.2) is 11.5 Å². The molecule has 1 aliphatic heterocycles. The zero-order chi connectivity index (χ0) is 25.0. The fourth-order valence-electron chi connectivity index (χ4n) is 4.21. The number of likely N-dealkylation sites (tertiary alicyclic amines) is 1. The molecular weight excluding hydrogens is 436 g/mol. The van der Waals surface area contributed by atoms with Gasteiger partial charge in [0.05, 0.1) is 32.9 Å². The quantitative estimate of drug-likeness (QED) is 0.343. The third-order valence-corrected chi connectivity index (χ3v) is 5.96. The van der Waals surface area contributed by atoms with Crippen LogP contribution in [0.3, 0.4) is 0 Å². The Kier molecular flexibility index (Phi) is 7.83. The van der Waals surface area contributed by atoms with Gasteiger partial charge in [0.25, 0.3) is 11.7 Å². The van der Waals surface area contributed by atoms with Gasteiger partial charge in [-0.1, -0.05) is 6.07 Å². The van der Waals surface area contributed by atoms with Crippen molar-refractivity contribution in [1.82, 2.24) is 9.80 Å². The fraction of sp³-hybridized carbons (Fsp3) is 0.385. The van der Waals surface area contributed by atoms with Crippen molar-refractivity contribution in [3.8, 4) is 17.2 Å². The highest BCUT2D eigenvalue weighted by Gasteiger charge is 2.46. The summed E-state index contributed by atoms with van der Waals surface area (Å²) >= 11 is 0. The van der Waals surface area contributed by atoms with Crippen molar-refractivity contribution in [1.29, 1.82) is 0 Å². The summed E-state index contributed by atoms with van der Waals surface area (Å²) in [5.41, 5.74) is 1.89. The highest BCUT2D eigenvalue weighted by Crippen LogP contribution is 2.42. The van der Waals surface area contributed by atoms with Gasteiger partial charge in [-0.2, -0.15) is 0 Å². The van der Waals surface area contributed by atoms with E-state index in [1.54, 1.807) is 43.5 Å². The first kappa shape index (κ1) is 25.1. The number of ketones is 1. The largest absolute Gasteiger partial charge is 0.507 e. The average Bonchev–Trinajstić information content (AvgIpc) is 3.07. The van der Waals surface area contributed by atoms with Crippen LogP contribution >= 0.6 is 0 Å². The number of amides is 1. The number of carbonyl (C=O) groups is 2. The van der Waals surface area contributed by atoms with Crippen LogP contribution in [0, 0.1) is 6.92 Å². The molecule has 34 heavy (non-hydrogen) atoms. The van der Waals surface area contributed by atoms with Gasteiger partial charge in [-0.15, -0.1) is 0 Å². The van der Waals surface area contributed by atoms with E-state index >= 15 is 0 Å². The lowest BCUT2D eigenvalue weighted by molar-refractivity contribution is -0.139. The van der Waals surface area contributed by atoms with Crippen LogP contribution in [0.2, 0.25) is 0 Å². The maximum atomic E-state index is 13.2. The van der Waals surface area contributed by atoms with Crippen LogP contribution in [0.5, 0.6) is 17.2 Å². The molecule has 1 amide bonds. The molecule has 8 nitrogen and oxygen atoms in total. The Morgan fingerprint density at radius 3 is 2.29 bits per heavy atom. The fourth-order valence-corrected chi connectivity index (χ4v) is 4.21. The third-order valence-electron chi connectivity index (χ3n) is 5.96. The molecule has 3 rings (SSSR count). The third kappa shape index (κ3) is 4.87. The van der Waals surface area contributed by atoms with Crippen molar-refractivity contribution >= 4 is 17.4 Å². The Labute approximate surface area is 200 Å². The Balaban J connectivity index is 2.17. The molecule has 0 saturated carbocycles. The van der Waals surface area contributed by atoms with Crippen LogP contribution < -0.4 is 14.2 Å². The van der Waals surface area contributed by atoms with Crippen LogP contribution in [0.15, 0.2) is 42.0 Å². The molecule has 1 N–H and O–H groups in total. The predicted octanol–water partition coefficient (Wildman–Crippen LogP) is 3.39. The van der Waals surface area contributed by atoms with Crippen LogP contribution in [-0.2, 0) is 9.59 Å². The molecule has 0 spiro atoms. The molecule has 1 aliphatic rings. The van der Waals surface area contributed by atoms with Crippen molar-refractivity contribution in [2.45, 2.75) is 19.4 Å². The van der Waals surface area contributed by atoms with Crippen LogP contribution in [0.25, 0.3) is 5.76 Å². The van der Waals surface area contributed by atoms with E-state index in [-0.39, 0.29) is 11.3 Å². The summed E-state index contributed by atoms with van der Waals surface area (Å²) in [6.45, 7) is 2.93. The van der Waals surface area contributed by atoms with E-state index in [2.05, 4.69) is 0 Å². The van der Waals surface area contributed by atoms with Gasteiger partial charge < -0.3 is 29.1 Å².